The average molecular weight is 269 g/mol. The zero-order valence-corrected chi connectivity index (χ0v) is 10.2. The summed E-state index contributed by atoms with van der Waals surface area (Å²) in [5.74, 6) is 0. The molecule has 1 fully saturated rings. The standard InChI is InChI=1S/C13H14F3N3/c14-13(15,16)12-6-11(4-3-9(12)7-17)19-5-1-2-10(18)8-19/h3-4,6,10H,1-2,5,8,18H2. The molecular formula is C13H14F3N3. The molecule has 1 aliphatic heterocycles. The van der Waals surface area contributed by atoms with E-state index < -0.39 is 11.7 Å². The number of nitriles is 1. The molecule has 1 aromatic rings. The highest BCUT2D eigenvalue weighted by Gasteiger charge is 2.34. The number of rotatable bonds is 1. The van der Waals surface area contributed by atoms with E-state index in [2.05, 4.69) is 0 Å². The maximum atomic E-state index is 12.9. The number of nitrogens with zero attached hydrogens (tertiary/aromatic N) is 2. The van der Waals surface area contributed by atoms with Gasteiger partial charge in [0.2, 0.25) is 0 Å². The van der Waals surface area contributed by atoms with Crippen molar-refractivity contribution < 1.29 is 13.2 Å². The van der Waals surface area contributed by atoms with E-state index in [1.165, 1.54) is 6.07 Å². The summed E-state index contributed by atoms with van der Waals surface area (Å²) < 4.78 is 38.6. The molecular weight excluding hydrogens is 255 g/mol. The van der Waals surface area contributed by atoms with Crippen LogP contribution in [0.4, 0.5) is 18.9 Å². The van der Waals surface area contributed by atoms with Crippen LogP contribution in [0, 0.1) is 11.3 Å². The Balaban J connectivity index is 2.35. The molecule has 2 rings (SSSR count). The second-order valence-electron chi connectivity index (χ2n) is 4.69. The van der Waals surface area contributed by atoms with Gasteiger partial charge in [0, 0.05) is 24.8 Å². The second kappa shape index (κ2) is 5.10. The van der Waals surface area contributed by atoms with E-state index in [1.807, 2.05) is 4.90 Å². The molecule has 3 nitrogen and oxygen atoms in total. The fourth-order valence-electron chi connectivity index (χ4n) is 2.31. The first-order valence-corrected chi connectivity index (χ1v) is 6.03. The van der Waals surface area contributed by atoms with E-state index in [0.717, 1.165) is 18.9 Å². The molecule has 0 aromatic heterocycles. The Morgan fingerprint density at radius 1 is 1.37 bits per heavy atom. The average Bonchev–Trinajstić information content (AvgIpc) is 2.37. The monoisotopic (exact) mass is 269 g/mol. The lowest BCUT2D eigenvalue weighted by molar-refractivity contribution is -0.137. The fourth-order valence-corrected chi connectivity index (χ4v) is 2.31. The number of hydrogen-bond donors (Lipinski definition) is 1. The lowest BCUT2D eigenvalue weighted by Crippen LogP contribution is -2.42. The number of benzene rings is 1. The lowest BCUT2D eigenvalue weighted by Gasteiger charge is -2.33. The molecule has 0 bridgehead atoms. The van der Waals surface area contributed by atoms with E-state index in [0.29, 0.717) is 18.8 Å². The largest absolute Gasteiger partial charge is 0.417 e. The smallest absolute Gasteiger partial charge is 0.370 e. The van der Waals surface area contributed by atoms with E-state index in [-0.39, 0.29) is 11.6 Å². The molecule has 102 valence electrons. The quantitative estimate of drug-likeness (QED) is 0.852. The Morgan fingerprint density at radius 2 is 2.11 bits per heavy atom. The summed E-state index contributed by atoms with van der Waals surface area (Å²) in [6.45, 7) is 1.24. The van der Waals surface area contributed by atoms with Gasteiger partial charge >= 0.3 is 6.18 Å². The Bertz CT molecular complexity index is 505. The zero-order chi connectivity index (χ0) is 14.0. The van der Waals surface area contributed by atoms with Crippen molar-refractivity contribution in [2.75, 3.05) is 18.0 Å². The summed E-state index contributed by atoms with van der Waals surface area (Å²) in [4.78, 5) is 1.84. The van der Waals surface area contributed by atoms with Crippen LogP contribution in [-0.2, 0) is 6.18 Å². The number of halogens is 3. The highest BCUT2D eigenvalue weighted by atomic mass is 19.4. The minimum Gasteiger partial charge on any atom is -0.370 e. The van der Waals surface area contributed by atoms with Crippen LogP contribution in [0.25, 0.3) is 0 Å². The number of hydrogen-bond acceptors (Lipinski definition) is 3. The third-order valence-corrected chi connectivity index (χ3v) is 3.25. The van der Waals surface area contributed by atoms with Crippen molar-refractivity contribution in [2.45, 2.75) is 25.1 Å². The van der Waals surface area contributed by atoms with Crippen molar-refractivity contribution in [1.82, 2.24) is 0 Å². The number of alkyl halides is 3. The van der Waals surface area contributed by atoms with E-state index >= 15 is 0 Å². The maximum Gasteiger partial charge on any atom is 0.417 e. The molecule has 1 unspecified atom stereocenters. The van der Waals surface area contributed by atoms with Crippen molar-refractivity contribution in [3.63, 3.8) is 0 Å². The van der Waals surface area contributed by atoms with Crippen LogP contribution in [0.5, 0.6) is 0 Å². The minimum absolute atomic E-state index is 0.0151. The van der Waals surface area contributed by atoms with Gasteiger partial charge in [-0.2, -0.15) is 18.4 Å². The number of nitrogens with two attached hydrogens (primary N) is 1. The van der Waals surface area contributed by atoms with Crippen LogP contribution in [0.2, 0.25) is 0 Å². The Hall–Kier alpha value is -1.74. The Morgan fingerprint density at radius 3 is 2.68 bits per heavy atom. The minimum atomic E-state index is -4.51. The van der Waals surface area contributed by atoms with Gasteiger partial charge in [-0.1, -0.05) is 0 Å². The Labute approximate surface area is 109 Å². The zero-order valence-electron chi connectivity index (χ0n) is 10.2. The highest BCUT2D eigenvalue weighted by molar-refractivity contribution is 5.55. The van der Waals surface area contributed by atoms with E-state index in [1.54, 1.807) is 12.1 Å². The van der Waals surface area contributed by atoms with Crippen LogP contribution in [0.3, 0.4) is 0 Å². The summed E-state index contributed by atoms with van der Waals surface area (Å²) in [6.07, 6.45) is -2.76. The van der Waals surface area contributed by atoms with Gasteiger partial charge in [0.1, 0.15) is 0 Å². The fraction of sp³-hybridized carbons (Fsp3) is 0.462. The van der Waals surface area contributed by atoms with Crippen LogP contribution < -0.4 is 10.6 Å². The Kier molecular flexibility index (Phi) is 3.67. The number of piperidine rings is 1. The van der Waals surface area contributed by atoms with Crippen LogP contribution in [0.1, 0.15) is 24.0 Å². The SMILES string of the molecule is N#Cc1ccc(N2CCCC(N)C2)cc1C(F)(F)F. The summed E-state index contributed by atoms with van der Waals surface area (Å²) in [6, 6.07) is 5.37. The molecule has 2 N–H and O–H groups in total. The summed E-state index contributed by atoms with van der Waals surface area (Å²) in [5.41, 5.74) is 5.07. The maximum absolute atomic E-state index is 12.9. The van der Waals surface area contributed by atoms with Gasteiger partial charge < -0.3 is 10.6 Å². The summed E-state index contributed by atoms with van der Waals surface area (Å²) in [7, 11) is 0. The topological polar surface area (TPSA) is 53.0 Å². The van der Waals surface area contributed by atoms with E-state index in [9.17, 15) is 13.2 Å². The van der Waals surface area contributed by atoms with Crippen LogP contribution >= 0.6 is 0 Å². The van der Waals surface area contributed by atoms with Gasteiger partial charge in [-0.25, -0.2) is 0 Å². The van der Waals surface area contributed by atoms with Gasteiger partial charge in [-0.05, 0) is 31.0 Å². The van der Waals surface area contributed by atoms with Gasteiger partial charge in [-0.15, -0.1) is 0 Å². The van der Waals surface area contributed by atoms with Crippen molar-refractivity contribution in [3.05, 3.63) is 29.3 Å². The van der Waals surface area contributed by atoms with Gasteiger partial charge in [0.15, 0.2) is 0 Å². The van der Waals surface area contributed by atoms with Gasteiger partial charge in [-0.3, -0.25) is 0 Å². The third kappa shape index (κ3) is 2.99. The predicted molar refractivity (Wildman–Crippen MR) is 65.6 cm³/mol. The van der Waals surface area contributed by atoms with E-state index in [4.69, 9.17) is 11.0 Å². The van der Waals surface area contributed by atoms with Crippen molar-refractivity contribution in [1.29, 1.82) is 5.26 Å². The summed E-state index contributed by atoms with van der Waals surface area (Å²) in [5, 5.41) is 8.74. The first-order valence-electron chi connectivity index (χ1n) is 6.03. The predicted octanol–water partition coefficient (Wildman–Crippen LogP) is 2.50. The second-order valence-corrected chi connectivity index (χ2v) is 4.69. The van der Waals surface area contributed by atoms with Crippen molar-refractivity contribution >= 4 is 5.69 Å². The normalized spacial score (nSPS) is 20.2. The number of anilines is 1. The molecule has 1 aromatic carbocycles. The molecule has 1 saturated heterocycles. The molecule has 6 heteroatoms. The van der Waals surface area contributed by atoms with Crippen LogP contribution in [-0.4, -0.2) is 19.1 Å². The molecule has 1 aliphatic rings. The van der Waals surface area contributed by atoms with Crippen LogP contribution in [0.15, 0.2) is 18.2 Å². The van der Waals surface area contributed by atoms with Gasteiger partial charge in [0.05, 0.1) is 17.2 Å². The molecule has 1 heterocycles. The molecule has 1 atom stereocenters. The molecule has 0 amide bonds. The molecule has 0 radical (unpaired) electrons. The summed E-state index contributed by atoms with van der Waals surface area (Å²) >= 11 is 0. The first-order chi connectivity index (χ1) is 8.91. The molecule has 19 heavy (non-hydrogen) atoms. The molecule has 0 spiro atoms. The molecule has 0 aliphatic carbocycles. The van der Waals surface area contributed by atoms with Crippen molar-refractivity contribution in [2.24, 2.45) is 5.73 Å². The van der Waals surface area contributed by atoms with Gasteiger partial charge in [0.25, 0.3) is 0 Å². The first kappa shape index (κ1) is 13.7. The highest BCUT2D eigenvalue weighted by Crippen LogP contribution is 2.34. The third-order valence-electron chi connectivity index (χ3n) is 3.25. The molecule has 0 saturated carbocycles. The lowest BCUT2D eigenvalue weighted by atomic mass is 10.0. The van der Waals surface area contributed by atoms with Crippen molar-refractivity contribution in [3.8, 4) is 6.07 Å².